The van der Waals surface area contributed by atoms with E-state index in [4.69, 9.17) is 34.2 Å². The Morgan fingerprint density at radius 1 is 0.914 bits per heavy atom. The summed E-state index contributed by atoms with van der Waals surface area (Å²) in [5.74, 6) is -4.98. The van der Waals surface area contributed by atoms with Crippen molar-refractivity contribution in [3.63, 3.8) is 0 Å². The van der Waals surface area contributed by atoms with Crippen LogP contribution in [0.4, 0.5) is 5.69 Å². The Hall–Kier alpha value is -5.73. The molecule has 3 aromatic rings. The summed E-state index contributed by atoms with van der Waals surface area (Å²) in [6.45, 7) is 5.62. The van der Waals surface area contributed by atoms with Gasteiger partial charge < -0.3 is 80.5 Å². The molecule has 1 heterocycles. The maximum atomic E-state index is 13.4. The Labute approximate surface area is 334 Å². The molecule has 0 spiro atoms. The predicted molar refractivity (Wildman–Crippen MR) is 207 cm³/mol. The van der Waals surface area contributed by atoms with E-state index in [2.05, 4.69) is 29.5 Å². The smallest absolute Gasteiger partial charge is 0.344 e. The van der Waals surface area contributed by atoms with Crippen LogP contribution < -0.4 is 35.3 Å². The molecule has 0 radical (unpaired) electrons. The first-order chi connectivity index (χ1) is 27.6. The minimum Gasteiger partial charge on any atom is -0.504 e. The van der Waals surface area contributed by atoms with Gasteiger partial charge in [-0.25, -0.2) is 9.59 Å². The summed E-state index contributed by atoms with van der Waals surface area (Å²) in [7, 11) is 2.61. The van der Waals surface area contributed by atoms with Gasteiger partial charge in [0.25, 0.3) is 0 Å². The van der Waals surface area contributed by atoms with Crippen molar-refractivity contribution in [3.05, 3.63) is 65.2 Å². The van der Waals surface area contributed by atoms with Gasteiger partial charge >= 0.3 is 11.9 Å². The van der Waals surface area contributed by atoms with Crippen molar-refractivity contribution < 1.29 is 73.8 Å². The number of carboxylic acids is 1. The third-order valence-corrected chi connectivity index (χ3v) is 9.09. The Balaban J connectivity index is 1.59. The third kappa shape index (κ3) is 11.4. The SMILES string of the molecule is CN=C(N)NCOc1cc(C(=O)O)c(N[C@H](C)CCC(C)C)cc1O[C@@H]1O[C@H]([C@@H](O)OC(=O)c2cc(OC)c(O)c(OCCc3ccccc3)c2O)[C@@H](O)[C@H](O)[C@H]1O. The quantitative estimate of drug-likeness (QED) is 0.0358. The Morgan fingerprint density at radius 3 is 2.24 bits per heavy atom. The van der Waals surface area contributed by atoms with Crippen LogP contribution in [0.3, 0.4) is 0 Å². The maximum Gasteiger partial charge on any atom is 0.344 e. The van der Waals surface area contributed by atoms with Crippen LogP contribution >= 0.6 is 0 Å². The second kappa shape index (κ2) is 20.6. The van der Waals surface area contributed by atoms with Gasteiger partial charge in [-0.1, -0.05) is 44.2 Å². The zero-order chi connectivity index (χ0) is 42.7. The monoisotopic (exact) mass is 816 g/mol. The van der Waals surface area contributed by atoms with Crippen LogP contribution in [0.15, 0.2) is 53.5 Å². The summed E-state index contributed by atoms with van der Waals surface area (Å²) >= 11 is 0. The molecule has 58 heavy (non-hydrogen) atoms. The van der Waals surface area contributed by atoms with Gasteiger partial charge in [0, 0.05) is 37.7 Å². The zero-order valence-corrected chi connectivity index (χ0v) is 32.7. The minimum absolute atomic E-state index is 0.00131. The maximum absolute atomic E-state index is 13.4. The number of aromatic carboxylic acids is 1. The molecule has 0 unspecified atom stereocenters. The van der Waals surface area contributed by atoms with Crippen LogP contribution in [-0.2, 0) is 15.9 Å². The number of hydrogen-bond donors (Lipinski definition) is 10. The van der Waals surface area contributed by atoms with Crippen LogP contribution in [0.2, 0.25) is 0 Å². The van der Waals surface area contributed by atoms with Gasteiger partial charge in [0.1, 0.15) is 23.9 Å². The molecule has 19 nitrogen and oxygen atoms in total. The number of hydrogen-bond acceptors (Lipinski definition) is 16. The number of ether oxygens (including phenoxy) is 6. The van der Waals surface area contributed by atoms with Crippen molar-refractivity contribution in [1.82, 2.24) is 5.32 Å². The number of rotatable bonds is 19. The molecule has 1 fully saturated rings. The first-order valence-corrected chi connectivity index (χ1v) is 18.4. The van der Waals surface area contributed by atoms with Crippen molar-refractivity contribution in [2.24, 2.45) is 16.6 Å². The van der Waals surface area contributed by atoms with Crippen molar-refractivity contribution in [2.75, 3.05) is 32.8 Å². The highest BCUT2D eigenvalue weighted by atomic mass is 16.7. The van der Waals surface area contributed by atoms with Crippen LogP contribution in [-0.4, -0.2) is 124 Å². The topological polar surface area (TPSA) is 294 Å². The summed E-state index contributed by atoms with van der Waals surface area (Å²) in [4.78, 5) is 29.5. The van der Waals surface area contributed by atoms with Crippen LogP contribution in [0.25, 0.3) is 0 Å². The average molecular weight is 817 g/mol. The van der Waals surface area contributed by atoms with E-state index in [1.54, 1.807) is 0 Å². The molecular weight excluding hydrogens is 764 g/mol. The van der Waals surface area contributed by atoms with Crippen molar-refractivity contribution in [1.29, 1.82) is 0 Å². The Bertz CT molecular complexity index is 1880. The second-order valence-corrected chi connectivity index (χ2v) is 13.8. The number of nitrogens with one attached hydrogen (secondary N) is 2. The fourth-order valence-electron chi connectivity index (χ4n) is 5.80. The van der Waals surface area contributed by atoms with E-state index in [0.717, 1.165) is 24.1 Å². The molecule has 0 saturated carbocycles. The molecule has 7 atom stereocenters. The number of phenolic OH excluding ortho intramolecular Hbond substituents is 2. The molecule has 3 aromatic carbocycles. The molecule has 0 aliphatic carbocycles. The van der Waals surface area contributed by atoms with E-state index in [0.29, 0.717) is 18.8 Å². The van der Waals surface area contributed by atoms with Gasteiger partial charge in [0.2, 0.25) is 24.1 Å². The van der Waals surface area contributed by atoms with Gasteiger partial charge in [-0.3, -0.25) is 4.99 Å². The van der Waals surface area contributed by atoms with Gasteiger partial charge in [0.15, 0.2) is 41.8 Å². The number of carboxylic acid groups (broad SMARTS) is 1. The summed E-state index contributed by atoms with van der Waals surface area (Å²) < 4.78 is 33.2. The van der Waals surface area contributed by atoms with Crippen LogP contribution in [0.1, 0.15) is 59.9 Å². The zero-order valence-electron chi connectivity index (χ0n) is 32.7. The lowest BCUT2D eigenvalue weighted by Gasteiger charge is -2.41. The molecule has 1 aliphatic heterocycles. The number of aromatic hydroxyl groups is 2. The van der Waals surface area contributed by atoms with Crippen molar-refractivity contribution in [2.45, 2.75) is 83.1 Å². The molecule has 318 valence electrons. The van der Waals surface area contributed by atoms with E-state index in [1.807, 2.05) is 37.3 Å². The summed E-state index contributed by atoms with van der Waals surface area (Å²) in [6, 6.07) is 12.3. The lowest BCUT2D eigenvalue weighted by molar-refractivity contribution is -0.309. The number of nitrogens with zero attached hydrogens (tertiary/aromatic N) is 1. The molecule has 0 bridgehead atoms. The predicted octanol–water partition coefficient (Wildman–Crippen LogP) is 1.89. The fourth-order valence-corrected chi connectivity index (χ4v) is 5.80. The molecule has 0 amide bonds. The number of benzene rings is 3. The minimum atomic E-state index is -2.37. The number of nitrogens with two attached hydrogens (primary N) is 1. The van der Waals surface area contributed by atoms with Crippen LogP contribution in [0, 0.1) is 5.92 Å². The number of aliphatic imine (C=N–C) groups is 1. The van der Waals surface area contributed by atoms with E-state index in [-0.39, 0.29) is 53.8 Å². The highest BCUT2D eigenvalue weighted by Crippen LogP contribution is 2.46. The first-order valence-electron chi connectivity index (χ1n) is 18.4. The molecule has 4 rings (SSSR count). The third-order valence-electron chi connectivity index (χ3n) is 9.09. The normalized spacial score (nSPS) is 20.4. The van der Waals surface area contributed by atoms with E-state index in [9.17, 15) is 45.3 Å². The van der Waals surface area contributed by atoms with Gasteiger partial charge in [0.05, 0.1) is 25.0 Å². The Morgan fingerprint density at radius 2 is 1.60 bits per heavy atom. The highest BCUT2D eigenvalue weighted by molar-refractivity contribution is 5.96. The van der Waals surface area contributed by atoms with Crippen LogP contribution in [0.5, 0.6) is 34.5 Å². The molecule has 0 aromatic heterocycles. The lowest BCUT2D eigenvalue weighted by Crippen LogP contribution is -2.62. The van der Waals surface area contributed by atoms with Gasteiger partial charge in [-0.05, 0) is 31.2 Å². The van der Waals surface area contributed by atoms with E-state index < -0.39 is 71.7 Å². The van der Waals surface area contributed by atoms with Crippen molar-refractivity contribution in [3.8, 4) is 34.5 Å². The average Bonchev–Trinajstić information content (AvgIpc) is 3.19. The number of carbonyl (C=O) groups excluding carboxylic acids is 1. The number of anilines is 1. The highest BCUT2D eigenvalue weighted by Gasteiger charge is 2.49. The van der Waals surface area contributed by atoms with E-state index >= 15 is 0 Å². The second-order valence-electron chi connectivity index (χ2n) is 13.8. The standard InChI is InChI=1S/C39H52N4O15/c1-19(2)11-12-20(3)43-24-17-26(25(15-22(24)35(49)50)55-18-42-39(40)41-4)56-38-32(48)30(46)31(47)34(57-38)37(52)58-36(51)23-16-27(53-5)29(45)33(28(23)44)54-14-13-21-9-7-6-8-10-21/h6-10,15-17,19-20,30-32,34,37-38,43-48,52H,11-14,18H2,1-5H3,(H,49,50)(H3,40,41,42)/t20-,30+,31+,32-,34+,37+,38-/m1/s1. The molecule has 1 saturated heterocycles. The number of aliphatic hydroxyl groups is 4. The summed E-state index contributed by atoms with van der Waals surface area (Å²) in [5.41, 5.74) is 5.87. The number of carbonyl (C=O) groups is 2. The number of phenols is 2. The van der Waals surface area contributed by atoms with E-state index in [1.165, 1.54) is 20.2 Å². The fraction of sp³-hybridized carbons (Fsp3) is 0.462. The number of aliphatic hydroxyl groups excluding tert-OH is 4. The molecular formula is C39H52N4O15. The number of methoxy groups -OCH3 is 1. The number of esters is 1. The van der Waals surface area contributed by atoms with Gasteiger partial charge in [-0.2, -0.15) is 0 Å². The molecule has 19 heteroatoms. The first kappa shape index (κ1) is 45.0. The lowest BCUT2D eigenvalue weighted by atomic mass is 9.98. The number of guanidine groups is 1. The summed E-state index contributed by atoms with van der Waals surface area (Å²) in [6.07, 6.45) is -10.5. The summed E-state index contributed by atoms with van der Waals surface area (Å²) in [5, 5.41) is 81.2. The largest absolute Gasteiger partial charge is 0.504 e. The van der Waals surface area contributed by atoms with Gasteiger partial charge in [-0.15, -0.1) is 0 Å². The Kier molecular flexibility index (Phi) is 16.0. The van der Waals surface area contributed by atoms with Crippen molar-refractivity contribution >= 4 is 23.6 Å². The molecule has 1 aliphatic rings. The molecule has 11 N–H and O–H groups in total.